The van der Waals surface area contributed by atoms with Gasteiger partial charge >= 0.3 is 6.03 Å². The summed E-state index contributed by atoms with van der Waals surface area (Å²) in [5, 5.41) is 5.72. The second-order valence-electron chi connectivity index (χ2n) is 5.87. The van der Waals surface area contributed by atoms with Crippen molar-refractivity contribution in [2.24, 2.45) is 0 Å². The molecule has 23 heavy (non-hydrogen) atoms. The summed E-state index contributed by atoms with van der Waals surface area (Å²) in [4.78, 5) is 23.6. The first-order chi connectivity index (χ1) is 11.1. The van der Waals surface area contributed by atoms with E-state index in [4.69, 9.17) is 0 Å². The van der Waals surface area contributed by atoms with Gasteiger partial charge in [-0.3, -0.25) is 4.79 Å². The molecule has 2 aromatic rings. The summed E-state index contributed by atoms with van der Waals surface area (Å²) < 4.78 is 0. The SMILES string of the molecule is CC(=O)c1cccc(NC(=O)Nc2cccc3c2CCCC3)c1. The zero-order chi connectivity index (χ0) is 16.2. The van der Waals surface area contributed by atoms with Crippen molar-refractivity contribution in [3.8, 4) is 0 Å². The monoisotopic (exact) mass is 308 g/mol. The summed E-state index contributed by atoms with van der Waals surface area (Å²) in [6.07, 6.45) is 4.45. The highest BCUT2D eigenvalue weighted by atomic mass is 16.2. The van der Waals surface area contributed by atoms with Crippen molar-refractivity contribution in [3.05, 3.63) is 59.2 Å². The minimum atomic E-state index is -0.287. The molecule has 2 amide bonds. The number of benzene rings is 2. The van der Waals surface area contributed by atoms with Crippen LogP contribution in [0.15, 0.2) is 42.5 Å². The Labute approximate surface area is 135 Å². The summed E-state index contributed by atoms with van der Waals surface area (Å²) in [6.45, 7) is 1.51. The number of amides is 2. The van der Waals surface area contributed by atoms with Gasteiger partial charge < -0.3 is 10.6 Å². The Hall–Kier alpha value is -2.62. The lowest BCUT2D eigenvalue weighted by atomic mass is 9.90. The van der Waals surface area contributed by atoms with E-state index in [2.05, 4.69) is 16.7 Å². The zero-order valence-electron chi connectivity index (χ0n) is 13.2. The molecular weight excluding hydrogens is 288 g/mol. The number of urea groups is 1. The van der Waals surface area contributed by atoms with Crippen molar-refractivity contribution in [2.75, 3.05) is 10.6 Å². The van der Waals surface area contributed by atoms with E-state index in [-0.39, 0.29) is 11.8 Å². The average Bonchev–Trinajstić information content (AvgIpc) is 2.55. The average molecular weight is 308 g/mol. The lowest BCUT2D eigenvalue weighted by Crippen LogP contribution is -2.21. The lowest BCUT2D eigenvalue weighted by Gasteiger charge is -2.19. The van der Waals surface area contributed by atoms with Gasteiger partial charge in [-0.15, -0.1) is 0 Å². The highest BCUT2D eigenvalue weighted by Crippen LogP contribution is 2.28. The van der Waals surface area contributed by atoms with E-state index in [0.717, 1.165) is 24.9 Å². The molecule has 0 fully saturated rings. The van der Waals surface area contributed by atoms with Crippen molar-refractivity contribution in [3.63, 3.8) is 0 Å². The molecule has 0 aliphatic heterocycles. The summed E-state index contributed by atoms with van der Waals surface area (Å²) in [7, 11) is 0. The number of fused-ring (bicyclic) bond motifs is 1. The maximum atomic E-state index is 12.2. The Kier molecular flexibility index (Phi) is 4.42. The van der Waals surface area contributed by atoms with Gasteiger partial charge in [0, 0.05) is 16.9 Å². The largest absolute Gasteiger partial charge is 0.323 e. The Bertz CT molecular complexity index is 753. The maximum absolute atomic E-state index is 12.2. The molecule has 0 bridgehead atoms. The van der Waals surface area contributed by atoms with E-state index in [1.165, 1.54) is 24.5 Å². The summed E-state index contributed by atoms with van der Waals surface area (Å²) in [5.74, 6) is -0.0220. The number of hydrogen-bond donors (Lipinski definition) is 2. The molecule has 0 aromatic heterocycles. The molecule has 0 atom stereocenters. The fourth-order valence-electron chi connectivity index (χ4n) is 3.00. The first-order valence-corrected chi connectivity index (χ1v) is 7.93. The van der Waals surface area contributed by atoms with Crippen LogP contribution in [0.4, 0.5) is 16.2 Å². The fraction of sp³-hybridized carbons (Fsp3) is 0.263. The van der Waals surface area contributed by atoms with E-state index >= 15 is 0 Å². The Morgan fingerprint density at radius 1 is 0.957 bits per heavy atom. The van der Waals surface area contributed by atoms with Crippen molar-refractivity contribution in [2.45, 2.75) is 32.6 Å². The predicted molar refractivity (Wildman–Crippen MR) is 92.2 cm³/mol. The molecule has 1 aliphatic rings. The zero-order valence-corrected chi connectivity index (χ0v) is 13.2. The Balaban J connectivity index is 1.73. The van der Waals surface area contributed by atoms with Gasteiger partial charge in [0.2, 0.25) is 0 Å². The van der Waals surface area contributed by atoms with E-state index in [0.29, 0.717) is 11.3 Å². The molecule has 0 saturated carbocycles. The molecule has 2 N–H and O–H groups in total. The van der Waals surface area contributed by atoms with E-state index in [1.54, 1.807) is 24.3 Å². The normalized spacial score (nSPS) is 13.1. The molecule has 0 saturated heterocycles. The number of hydrogen-bond acceptors (Lipinski definition) is 2. The molecule has 0 spiro atoms. The molecule has 4 nitrogen and oxygen atoms in total. The van der Waals surface area contributed by atoms with Gasteiger partial charge in [0.05, 0.1) is 0 Å². The smallest absolute Gasteiger partial charge is 0.308 e. The standard InChI is InChI=1S/C19H20N2O2/c1-13(22)15-8-4-9-16(12-15)20-19(23)21-18-11-5-7-14-6-2-3-10-17(14)18/h4-5,7-9,11-12H,2-3,6,10H2,1H3,(H2,20,21,23). The Morgan fingerprint density at radius 2 is 1.74 bits per heavy atom. The first-order valence-electron chi connectivity index (χ1n) is 7.93. The maximum Gasteiger partial charge on any atom is 0.323 e. The van der Waals surface area contributed by atoms with Gasteiger partial charge in [-0.1, -0.05) is 24.3 Å². The number of carbonyl (C=O) groups excluding carboxylic acids is 2. The molecule has 1 aliphatic carbocycles. The van der Waals surface area contributed by atoms with Gasteiger partial charge in [0.25, 0.3) is 0 Å². The third-order valence-electron chi connectivity index (χ3n) is 4.17. The summed E-state index contributed by atoms with van der Waals surface area (Å²) in [6, 6.07) is 12.7. The lowest BCUT2D eigenvalue weighted by molar-refractivity contribution is 0.101. The topological polar surface area (TPSA) is 58.2 Å². The van der Waals surface area contributed by atoms with Crippen LogP contribution in [0.5, 0.6) is 0 Å². The van der Waals surface area contributed by atoms with Gasteiger partial charge in [0.1, 0.15) is 0 Å². The third-order valence-corrected chi connectivity index (χ3v) is 4.17. The third kappa shape index (κ3) is 3.59. The van der Waals surface area contributed by atoms with Crippen LogP contribution < -0.4 is 10.6 Å². The number of rotatable bonds is 3. The van der Waals surface area contributed by atoms with Crippen LogP contribution in [0.3, 0.4) is 0 Å². The number of nitrogens with one attached hydrogen (secondary N) is 2. The highest BCUT2D eigenvalue weighted by Gasteiger charge is 2.14. The van der Waals surface area contributed by atoms with E-state index in [1.807, 2.05) is 12.1 Å². The van der Waals surface area contributed by atoms with Crippen LogP contribution in [0.1, 0.15) is 41.3 Å². The van der Waals surface area contributed by atoms with Crippen LogP contribution in [0.25, 0.3) is 0 Å². The van der Waals surface area contributed by atoms with Crippen LogP contribution in [0.2, 0.25) is 0 Å². The number of Topliss-reactive ketones (excluding diaryl/α,β-unsaturated/α-hetero) is 1. The van der Waals surface area contributed by atoms with Gasteiger partial charge in [0.15, 0.2) is 5.78 Å². The number of aryl methyl sites for hydroxylation is 1. The molecule has 4 heteroatoms. The van der Waals surface area contributed by atoms with Crippen molar-refractivity contribution >= 4 is 23.2 Å². The molecule has 3 rings (SSSR count). The second kappa shape index (κ2) is 6.65. The highest BCUT2D eigenvalue weighted by molar-refractivity contribution is 6.01. The summed E-state index contributed by atoms with van der Waals surface area (Å²) in [5.41, 5.74) is 4.64. The molecule has 118 valence electrons. The number of ketones is 1. The van der Waals surface area contributed by atoms with Crippen LogP contribution in [0, 0.1) is 0 Å². The van der Waals surface area contributed by atoms with Crippen LogP contribution in [-0.4, -0.2) is 11.8 Å². The number of carbonyl (C=O) groups is 2. The predicted octanol–water partition coefficient (Wildman–Crippen LogP) is 4.41. The van der Waals surface area contributed by atoms with E-state index in [9.17, 15) is 9.59 Å². The molecule has 2 aromatic carbocycles. The summed E-state index contributed by atoms with van der Waals surface area (Å²) >= 11 is 0. The van der Waals surface area contributed by atoms with Crippen molar-refractivity contribution < 1.29 is 9.59 Å². The minimum absolute atomic E-state index is 0.0220. The number of anilines is 2. The second-order valence-corrected chi connectivity index (χ2v) is 5.87. The van der Waals surface area contributed by atoms with Crippen LogP contribution in [-0.2, 0) is 12.8 Å². The molecule has 0 radical (unpaired) electrons. The molecule has 0 heterocycles. The minimum Gasteiger partial charge on any atom is -0.308 e. The van der Waals surface area contributed by atoms with E-state index < -0.39 is 0 Å². The fourth-order valence-corrected chi connectivity index (χ4v) is 3.00. The Morgan fingerprint density at radius 3 is 2.57 bits per heavy atom. The van der Waals surface area contributed by atoms with Gasteiger partial charge in [-0.2, -0.15) is 0 Å². The van der Waals surface area contributed by atoms with Gasteiger partial charge in [-0.05, 0) is 61.9 Å². The van der Waals surface area contributed by atoms with Gasteiger partial charge in [-0.25, -0.2) is 4.79 Å². The van der Waals surface area contributed by atoms with Crippen LogP contribution >= 0.6 is 0 Å². The first kappa shape index (κ1) is 15.3. The van der Waals surface area contributed by atoms with Crippen molar-refractivity contribution in [1.82, 2.24) is 0 Å². The molecular formula is C19H20N2O2. The molecule has 0 unspecified atom stereocenters. The van der Waals surface area contributed by atoms with Crippen molar-refractivity contribution in [1.29, 1.82) is 0 Å². The quantitative estimate of drug-likeness (QED) is 0.825.